The van der Waals surface area contributed by atoms with Crippen LogP contribution in [-0.4, -0.2) is 43.0 Å². The fourth-order valence-electron chi connectivity index (χ4n) is 3.11. The van der Waals surface area contributed by atoms with Crippen LogP contribution in [0.2, 0.25) is 0 Å². The minimum atomic E-state index is 0.115. The number of hydrogen-bond acceptors (Lipinski definition) is 6. The Hall–Kier alpha value is -1.97. The Balaban J connectivity index is 1.71. The molecule has 9 heteroatoms. The van der Waals surface area contributed by atoms with Crippen LogP contribution in [0.3, 0.4) is 0 Å². The van der Waals surface area contributed by atoms with Crippen LogP contribution in [0.1, 0.15) is 31.7 Å². The second-order valence-electron chi connectivity index (χ2n) is 6.98. The highest BCUT2D eigenvalue weighted by molar-refractivity contribution is 7.73. The van der Waals surface area contributed by atoms with Gasteiger partial charge >= 0.3 is 0 Å². The molecule has 152 valence electrons. The van der Waals surface area contributed by atoms with E-state index < -0.39 is 0 Å². The van der Waals surface area contributed by atoms with Crippen LogP contribution in [0.15, 0.2) is 18.2 Å². The zero-order valence-electron chi connectivity index (χ0n) is 16.7. The molecule has 0 spiro atoms. The summed E-state index contributed by atoms with van der Waals surface area (Å²) in [7, 11) is 5.36. The Morgan fingerprint density at radius 1 is 1.36 bits per heavy atom. The molecule has 1 aliphatic rings. The molecule has 3 rings (SSSR count). The summed E-state index contributed by atoms with van der Waals surface area (Å²) in [5, 5.41) is 5.37. The third-order valence-electron chi connectivity index (χ3n) is 4.66. The summed E-state index contributed by atoms with van der Waals surface area (Å²) in [4.78, 5) is 15.4. The summed E-state index contributed by atoms with van der Waals surface area (Å²) in [5.74, 6) is 1.55. The van der Waals surface area contributed by atoms with Crippen molar-refractivity contribution in [2.45, 2.75) is 45.4 Å². The van der Waals surface area contributed by atoms with E-state index in [2.05, 4.69) is 12.1 Å². The van der Waals surface area contributed by atoms with E-state index in [0.29, 0.717) is 23.1 Å². The van der Waals surface area contributed by atoms with Crippen LogP contribution in [-0.2, 0) is 18.0 Å². The van der Waals surface area contributed by atoms with Gasteiger partial charge < -0.3 is 14.4 Å². The van der Waals surface area contributed by atoms with Crippen molar-refractivity contribution in [2.24, 2.45) is 0 Å². The Bertz CT molecular complexity index is 892. The maximum absolute atomic E-state index is 12.3. The zero-order chi connectivity index (χ0) is 20.3. The minimum Gasteiger partial charge on any atom is -0.493 e. The maximum Gasteiger partial charge on any atom is 0.228 e. The second-order valence-corrected chi connectivity index (χ2v) is 8.58. The Morgan fingerprint density at radius 2 is 2.07 bits per heavy atom. The largest absolute Gasteiger partial charge is 0.493 e. The van der Waals surface area contributed by atoms with Gasteiger partial charge in [0.2, 0.25) is 11.0 Å². The molecule has 0 bridgehead atoms. The lowest BCUT2D eigenvalue weighted by atomic mass is 10.2. The third kappa shape index (κ3) is 4.71. The average molecular weight is 424 g/mol. The lowest BCUT2D eigenvalue weighted by molar-refractivity contribution is -0.917. The van der Waals surface area contributed by atoms with Crippen molar-refractivity contribution >= 4 is 34.6 Å². The van der Waals surface area contributed by atoms with Crippen molar-refractivity contribution in [1.29, 1.82) is 0 Å². The number of anilines is 1. The van der Waals surface area contributed by atoms with Crippen LogP contribution >= 0.6 is 23.6 Å². The standard InChI is InChI=1S/C19H26N4O3S2/c1-5-17(24)23(14-7-8-14)18-20-22(19(27)28-18)12-21(2)11-13-6-9-15(25-3)16(10-13)26-4/h6,9-10,14H,5,7-8,11-12H2,1-4H3/p+1. The summed E-state index contributed by atoms with van der Waals surface area (Å²) >= 11 is 6.92. The van der Waals surface area contributed by atoms with Crippen LogP contribution in [0.4, 0.5) is 5.13 Å². The molecule has 1 fully saturated rings. The molecular formula is C19H27N4O3S2+. The number of ether oxygens (including phenoxy) is 2. The number of methoxy groups -OCH3 is 2. The maximum atomic E-state index is 12.3. The predicted molar refractivity (Wildman–Crippen MR) is 112 cm³/mol. The Morgan fingerprint density at radius 3 is 2.68 bits per heavy atom. The van der Waals surface area contributed by atoms with Gasteiger partial charge in [-0.2, -0.15) is 4.68 Å². The number of nitrogens with zero attached hydrogens (tertiary/aromatic N) is 3. The molecular weight excluding hydrogens is 396 g/mol. The molecule has 28 heavy (non-hydrogen) atoms. The predicted octanol–water partition coefficient (Wildman–Crippen LogP) is 2.27. The molecule has 1 N–H and O–H groups in total. The lowest BCUT2D eigenvalue weighted by Crippen LogP contribution is -3.07. The number of carbonyl (C=O) groups excluding carboxylic acids is 1. The summed E-state index contributed by atoms with van der Waals surface area (Å²) < 4.78 is 13.2. The zero-order valence-corrected chi connectivity index (χ0v) is 18.4. The van der Waals surface area contributed by atoms with Gasteiger partial charge in [-0.25, -0.2) is 0 Å². The highest BCUT2D eigenvalue weighted by Gasteiger charge is 2.35. The van der Waals surface area contributed by atoms with Crippen LogP contribution in [0.5, 0.6) is 11.5 Å². The van der Waals surface area contributed by atoms with Gasteiger partial charge in [0.1, 0.15) is 6.54 Å². The fraction of sp³-hybridized carbons (Fsp3) is 0.526. The monoisotopic (exact) mass is 423 g/mol. The summed E-state index contributed by atoms with van der Waals surface area (Å²) in [6.45, 7) is 3.30. The van der Waals surface area contributed by atoms with E-state index in [-0.39, 0.29) is 5.91 Å². The van der Waals surface area contributed by atoms with E-state index in [4.69, 9.17) is 21.7 Å². The normalized spacial score (nSPS) is 14.6. The van der Waals surface area contributed by atoms with Crippen molar-refractivity contribution in [3.63, 3.8) is 0 Å². The molecule has 1 amide bonds. The Labute approximate surface area is 174 Å². The van der Waals surface area contributed by atoms with Gasteiger partial charge in [0.05, 0.1) is 21.3 Å². The van der Waals surface area contributed by atoms with Gasteiger partial charge in [-0.05, 0) is 43.3 Å². The third-order valence-corrected chi connectivity index (χ3v) is 5.97. The summed E-state index contributed by atoms with van der Waals surface area (Å²) in [5.41, 5.74) is 1.14. The second kappa shape index (κ2) is 9.02. The van der Waals surface area contributed by atoms with Crippen molar-refractivity contribution < 1.29 is 19.2 Å². The van der Waals surface area contributed by atoms with E-state index in [1.165, 1.54) is 16.2 Å². The molecule has 1 saturated carbocycles. The highest BCUT2D eigenvalue weighted by Crippen LogP contribution is 2.33. The molecule has 1 aromatic heterocycles. The number of aromatic nitrogens is 2. The van der Waals surface area contributed by atoms with Crippen LogP contribution in [0.25, 0.3) is 0 Å². The van der Waals surface area contributed by atoms with E-state index in [0.717, 1.165) is 41.6 Å². The van der Waals surface area contributed by atoms with Gasteiger partial charge in [0.25, 0.3) is 0 Å². The number of amides is 1. The van der Waals surface area contributed by atoms with Crippen LogP contribution < -0.4 is 19.3 Å². The van der Waals surface area contributed by atoms with Gasteiger partial charge in [-0.1, -0.05) is 18.3 Å². The van der Waals surface area contributed by atoms with Gasteiger partial charge in [0, 0.05) is 18.0 Å². The molecule has 2 aromatic rings. The summed E-state index contributed by atoms with van der Waals surface area (Å²) in [6, 6.07) is 6.23. The number of hydrogen-bond donors (Lipinski definition) is 1. The molecule has 1 atom stereocenters. The van der Waals surface area contributed by atoms with Crippen LogP contribution in [0, 0.1) is 3.95 Å². The SMILES string of the molecule is CCC(=O)N(c1nn(C[NH+](C)Cc2ccc(OC)c(OC)c2)c(=S)s1)C1CC1. The molecule has 0 radical (unpaired) electrons. The first kappa shape index (κ1) is 20.8. The van der Waals surface area contributed by atoms with E-state index in [1.54, 1.807) is 14.2 Å². The molecule has 7 nitrogen and oxygen atoms in total. The first-order chi connectivity index (χ1) is 13.5. The average Bonchev–Trinajstić information content (AvgIpc) is 3.45. The number of benzene rings is 1. The molecule has 0 aliphatic heterocycles. The summed E-state index contributed by atoms with van der Waals surface area (Å²) in [6.07, 6.45) is 2.57. The van der Waals surface area contributed by atoms with Crippen molar-refractivity contribution in [3.05, 3.63) is 27.7 Å². The number of carbonyl (C=O) groups is 1. The minimum absolute atomic E-state index is 0.115. The Kier molecular flexibility index (Phi) is 6.69. The smallest absolute Gasteiger partial charge is 0.228 e. The fourth-order valence-corrected chi connectivity index (χ4v) is 4.30. The van der Waals surface area contributed by atoms with Crippen molar-refractivity contribution in [2.75, 3.05) is 26.2 Å². The molecule has 1 heterocycles. The van der Waals surface area contributed by atoms with Gasteiger partial charge in [-0.3, -0.25) is 9.69 Å². The first-order valence-electron chi connectivity index (χ1n) is 9.39. The molecule has 1 aromatic carbocycles. The number of rotatable bonds is 9. The number of quaternary nitrogens is 1. The van der Waals surface area contributed by atoms with Crippen molar-refractivity contribution in [1.82, 2.24) is 9.78 Å². The number of nitrogens with one attached hydrogen (secondary N) is 1. The van der Waals surface area contributed by atoms with E-state index >= 15 is 0 Å². The quantitative estimate of drug-likeness (QED) is 0.627. The van der Waals surface area contributed by atoms with Gasteiger partial charge in [-0.15, -0.1) is 5.10 Å². The van der Waals surface area contributed by atoms with E-state index in [1.807, 2.05) is 34.7 Å². The van der Waals surface area contributed by atoms with Gasteiger partial charge in [0.15, 0.2) is 22.1 Å². The molecule has 1 aliphatic carbocycles. The molecule has 1 unspecified atom stereocenters. The molecule has 0 saturated heterocycles. The van der Waals surface area contributed by atoms with Crippen molar-refractivity contribution in [3.8, 4) is 11.5 Å². The lowest BCUT2D eigenvalue weighted by Gasteiger charge is -2.18. The first-order valence-corrected chi connectivity index (χ1v) is 10.6. The van der Waals surface area contributed by atoms with E-state index in [9.17, 15) is 4.79 Å². The highest BCUT2D eigenvalue weighted by atomic mass is 32.1. The topological polar surface area (TPSA) is 61.0 Å².